The molecule has 0 amide bonds. The number of benzene rings is 1. The molecular weight excluding hydrogens is 246 g/mol. The predicted molar refractivity (Wildman–Crippen MR) is 72.7 cm³/mol. The lowest BCUT2D eigenvalue weighted by molar-refractivity contribution is 0.414. The molecule has 2 fully saturated rings. The molecule has 2 bridgehead atoms. The van der Waals surface area contributed by atoms with Crippen molar-refractivity contribution in [2.45, 2.75) is 43.8 Å². The number of halogens is 1. The fraction of sp³-hybridized carbons (Fsp3) is 0.500. The molecule has 0 spiro atoms. The highest BCUT2D eigenvalue weighted by atomic mass is 35.5. The molecule has 3 rings (SSSR count). The van der Waals surface area contributed by atoms with Gasteiger partial charge in [0.15, 0.2) is 0 Å². The summed E-state index contributed by atoms with van der Waals surface area (Å²) in [6.07, 6.45) is 4.50. The van der Waals surface area contributed by atoms with E-state index in [-0.39, 0.29) is 0 Å². The van der Waals surface area contributed by atoms with E-state index in [1.165, 1.54) is 12.8 Å². The second-order valence-electron chi connectivity index (χ2n) is 5.30. The number of nitrogens with two attached hydrogens (primary N) is 1. The van der Waals surface area contributed by atoms with Crippen molar-refractivity contribution < 1.29 is 0 Å². The van der Waals surface area contributed by atoms with Gasteiger partial charge in [-0.2, -0.15) is 5.26 Å². The lowest BCUT2D eigenvalue weighted by atomic mass is 9.97. The zero-order valence-corrected chi connectivity index (χ0v) is 10.9. The molecule has 0 aliphatic carbocycles. The van der Waals surface area contributed by atoms with Crippen LogP contribution in [0.25, 0.3) is 0 Å². The normalized spacial score (nSPS) is 30.3. The molecule has 94 valence electrons. The molecule has 2 saturated heterocycles. The van der Waals surface area contributed by atoms with E-state index in [4.69, 9.17) is 22.6 Å². The van der Waals surface area contributed by atoms with Gasteiger partial charge in [0.1, 0.15) is 0 Å². The highest BCUT2D eigenvalue weighted by Crippen LogP contribution is 2.41. The van der Waals surface area contributed by atoms with Gasteiger partial charge in [0.2, 0.25) is 0 Å². The predicted octanol–water partition coefficient (Wildman–Crippen LogP) is 2.67. The van der Waals surface area contributed by atoms with Gasteiger partial charge in [0, 0.05) is 18.1 Å². The van der Waals surface area contributed by atoms with Crippen molar-refractivity contribution in [3.63, 3.8) is 0 Å². The molecule has 2 aliphatic heterocycles. The first-order valence-electron chi connectivity index (χ1n) is 6.42. The smallest absolute Gasteiger partial charge is 0.0992 e. The summed E-state index contributed by atoms with van der Waals surface area (Å²) in [6.45, 7) is 0. The minimum absolute atomic E-state index is 0.330. The summed E-state index contributed by atoms with van der Waals surface area (Å²) < 4.78 is 0. The van der Waals surface area contributed by atoms with Crippen LogP contribution in [0.1, 0.15) is 31.2 Å². The second-order valence-corrected chi connectivity index (χ2v) is 5.71. The zero-order chi connectivity index (χ0) is 12.7. The van der Waals surface area contributed by atoms with Gasteiger partial charge in [-0.15, -0.1) is 0 Å². The maximum atomic E-state index is 8.88. The van der Waals surface area contributed by atoms with Crippen LogP contribution in [0.4, 0.5) is 5.69 Å². The van der Waals surface area contributed by atoms with Gasteiger partial charge in [-0.05, 0) is 43.9 Å². The first-order chi connectivity index (χ1) is 8.69. The number of hydrogen-bond donors (Lipinski definition) is 1. The van der Waals surface area contributed by atoms with E-state index in [0.717, 1.165) is 18.5 Å². The molecule has 3 nitrogen and oxygen atoms in total. The van der Waals surface area contributed by atoms with E-state index in [1.807, 2.05) is 12.1 Å². The maximum Gasteiger partial charge on any atom is 0.0992 e. The molecule has 2 aliphatic rings. The Bertz CT molecular complexity index is 494. The quantitative estimate of drug-likeness (QED) is 0.846. The van der Waals surface area contributed by atoms with Crippen molar-refractivity contribution >= 4 is 17.3 Å². The van der Waals surface area contributed by atoms with E-state index in [0.29, 0.717) is 28.7 Å². The lowest BCUT2D eigenvalue weighted by Gasteiger charge is -2.39. The fourth-order valence-corrected chi connectivity index (χ4v) is 3.68. The summed E-state index contributed by atoms with van der Waals surface area (Å²) in [4.78, 5) is 2.42. The summed E-state index contributed by atoms with van der Waals surface area (Å²) in [6, 6.07) is 9.06. The van der Waals surface area contributed by atoms with Crippen LogP contribution in [0, 0.1) is 11.3 Å². The maximum absolute atomic E-state index is 8.88. The average molecular weight is 262 g/mol. The minimum Gasteiger partial charge on any atom is -0.364 e. The lowest BCUT2D eigenvalue weighted by Crippen LogP contribution is -2.47. The summed E-state index contributed by atoms with van der Waals surface area (Å²) in [5.41, 5.74) is 7.76. The highest BCUT2D eigenvalue weighted by Gasteiger charge is 2.40. The van der Waals surface area contributed by atoms with Crippen molar-refractivity contribution in [3.05, 3.63) is 28.8 Å². The SMILES string of the molecule is N#Cc1ccc(N2C3CCC2CC(N)C3)c(Cl)c1. The molecule has 18 heavy (non-hydrogen) atoms. The molecule has 2 heterocycles. The fourth-order valence-electron chi connectivity index (χ4n) is 3.40. The van der Waals surface area contributed by atoms with Crippen molar-refractivity contribution in [1.29, 1.82) is 5.26 Å². The molecule has 1 aromatic carbocycles. The van der Waals surface area contributed by atoms with Crippen LogP contribution in [0.3, 0.4) is 0 Å². The summed E-state index contributed by atoms with van der Waals surface area (Å²) >= 11 is 6.31. The third-order valence-corrected chi connectivity index (χ3v) is 4.43. The van der Waals surface area contributed by atoms with Crippen LogP contribution in [0.15, 0.2) is 18.2 Å². The van der Waals surface area contributed by atoms with E-state index >= 15 is 0 Å². The molecule has 2 atom stereocenters. The first-order valence-corrected chi connectivity index (χ1v) is 6.80. The standard InChI is InChI=1S/C14H16ClN3/c15-13-5-9(8-16)1-4-14(13)18-11-2-3-12(18)7-10(17)6-11/h1,4-5,10-12H,2-3,6-7,17H2. The largest absolute Gasteiger partial charge is 0.364 e. The van der Waals surface area contributed by atoms with E-state index in [9.17, 15) is 0 Å². The summed E-state index contributed by atoms with van der Waals surface area (Å²) in [5, 5.41) is 9.56. The average Bonchev–Trinajstić information content (AvgIpc) is 2.61. The third-order valence-electron chi connectivity index (χ3n) is 4.12. The van der Waals surface area contributed by atoms with E-state index in [1.54, 1.807) is 6.07 Å². The molecule has 1 aromatic rings. The van der Waals surface area contributed by atoms with Gasteiger partial charge in [0.25, 0.3) is 0 Å². The van der Waals surface area contributed by atoms with Crippen molar-refractivity contribution in [1.82, 2.24) is 0 Å². The Morgan fingerprint density at radius 2 is 1.94 bits per heavy atom. The number of hydrogen-bond acceptors (Lipinski definition) is 3. The third kappa shape index (κ3) is 1.86. The zero-order valence-electron chi connectivity index (χ0n) is 10.1. The molecular formula is C14H16ClN3. The summed E-state index contributed by atoms with van der Waals surface area (Å²) in [5.74, 6) is 0. The number of rotatable bonds is 1. The second kappa shape index (κ2) is 4.46. The van der Waals surface area contributed by atoms with Crippen LogP contribution in [-0.2, 0) is 0 Å². The molecule has 2 N–H and O–H groups in total. The van der Waals surface area contributed by atoms with Crippen molar-refractivity contribution in [2.75, 3.05) is 4.90 Å². The van der Waals surface area contributed by atoms with Gasteiger partial charge in [-0.3, -0.25) is 0 Å². The van der Waals surface area contributed by atoms with Crippen molar-refractivity contribution in [2.24, 2.45) is 5.73 Å². The highest BCUT2D eigenvalue weighted by molar-refractivity contribution is 6.33. The molecule has 4 heteroatoms. The summed E-state index contributed by atoms with van der Waals surface area (Å²) in [7, 11) is 0. The van der Waals surface area contributed by atoms with Crippen LogP contribution < -0.4 is 10.6 Å². The van der Waals surface area contributed by atoms with E-state index < -0.39 is 0 Å². The van der Waals surface area contributed by atoms with Gasteiger partial charge >= 0.3 is 0 Å². The number of nitrogens with zero attached hydrogens (tertiary/aromatic N) is 2. The first kappa shape index (κ1) is 11.8. The minimum atomic E-state index is 0.330. The van der Waals surface area contributed by atoms with Gasteiger partial charge in [0.05, 0.1) is 22.3 Å². The Morgan fingerprint density at radius 1 is 1.28 bits per heavy atom. The van der Waals surface area contributed by atoms with Crippen LogP contribution in [0.2, 0.25) is 5.02 Å². The molecule has 2 unspecified atom stereocenters. The Morgan fingerprint density at radius 3 is 2.50 bits per heavy atom. The number of anilines is 1. The molecule has 0 saturated carbocycles. The van der Waals surface area contributed by atoms with Gasteiger partial charge in [-0.25, -0.2) is 0 Å². The van der Waals surface area contributed by atoms with Crippen molar-refractivity contribution in [3.8, 4) is 6.07 Å². The number of piperidine rings is 1. The van der Waals surface area contributed by atoms with Gasteiger partial charge < -0.3 is 10.6 Å². The molecule has 0 radical (unpaired) electrons. The van der Waals surface area contributed by atoms with Crippen LogP contribution in [-0.4, -0.2) is 18.1 Å². The van der Waals surface area contributed by atoms with E-state index in [2.05, 4.69) is 11.0 Å². The Labute approximate surface area is 112 Å². The topological polar surface area (TPSA) is 53.0 Å². The Balaban J connectivity index is 1.94. The number of nitriles is 1. The monoisotopic (exact) mass is 261 g/mol. The number of fused-ring (bicyclic) bond motifs is 2. The Hall–Kier alpha value is -1.24. The molecule has 0 aromatic heterocycles. The van der Waals surface area contributed by atoms with Gasteiger partial charge in [-0.1, -0.05) is 11.6 Å². The van der Waals surface area contributed by atoms with Crippen LogP contribution in [0.5, 0.6) is 0 Å². The Kier molecular flexibility index (Phi) is 2.93. The van der Waals surface area contributed by atoms with Crippen LogP contribution >= 0.6 is 11.6 Å².